The third-order valence-electron chi connectivity index (χ3n) is 2.53. The van der Waals surface area contributed by atoms with E-state index < -0.39 is 5.82 Å². The SMILES string of the molecule is Cc1cc(C)c(C#N)c(Oc2ccc(F)c(Cl)c2)n1. The molecule has 0 atom stereocenters. The van der Waals surface area contributed by atoms with Crippen LogP contribution in [0.4, 0.5) is 4.39 Å². The van der Waals surface area contributed by atoms with Crippen LogP contribution in [0.3, 0.4) is 0 Å². The average molecular weight is 277 g/mol. The molecule has 0 amide bonds. The Bertz CT molecular complexity index is 680. The van der Waals surface area contributed by atoms with E-state index in [0.717, 1.165) is 11.3 Å². The molecule has 96 valence electrons. The first-order chi connectivity index (χ1) is 9.01. The highest BCUT2D eigenvalue weighted by molar-refractivity contribution is 6.30. The van der Waals surface area contributed by atoms with E-state index in [4.69, 9.17) is 21.6 Å². The van der Waals surface area contributed by atoms with Crippen LogP contribution in [0.15, 0.2) is 24.3 Å². The third-order valence-corrected chi connectivity index (χ3v) is 2.82. The minimum atomic E-state index is -0.525. The molecule has 0 N–H and O–H groups in total. The molecule has 0 bridgehead atoms. The summed E-state index contributed by atoms with van der Waals surface area (Å²) < 4.78 is 18.6. The Kier molecular flexibility index (Phi) is 3.68. The summed E-state index contributed by atoms with van der Waals surface area (Å²) in [6.07, 6.45) is 0. The summed E-state index contributed by atoms with van der Waals surface area (Å²) in [5.41, 5.74) is 1.86. The molecule has 2 aromatic rings. The Balaban J connectivity index is 2.43. The standard InChI is InChI=1S/C14H10ClFN2O/c1-8-5-9(2)18-14(11(8)7-17)19-10-3-4-13(16)12(15)6-10/h3-6H,1-2H3. The summed E-state index contributed by atoms with van der Waals surface area (Å²) in [6, 6.07) is 7.82. The van der Waals surface area contributed by atoms with Gasteiger partial charge in [0.1, 0.15) is 23.2 Å². The zero-order chi connectivity index (χ0) is 14.0. The average Bonchev–Trinajstić information content (AvgIpc) is 2.33. The fourth-order valence-electron chi connectivity index (χ4n) is 1.66. The molecule has 19 heavy (non-hydrogen) atoms. The summed E-state index contributed by atoms with van der Waals surface area (Å²) in [7, 11) is 0. The van der Waals surface area contributed by atoms with Gasteiger partial charge in [-0.15, -0.1) is 0 Å². The molecular weight excluding hydrogens is 267 g/mol. The second-order valence-electron chi connectivity index (χ2n) is 4.05. The molecule has 1 aromatic heterocycles. The first-order valence-corrected chi connectivity index (χ1v) is 5.90. The topological polar surface area (TPSA) is 45.9 Å². The number of nitrogens with zero attached hydrogens (tertiary/aromatic N) is 2. The minimum Gasteiger partial charge on any atom is -0.438 e. The van der Waals surface area contributed by atoms with Gasteiger partial charge in [-0.2, -0.15) is 5.26 Å². The summed E-state index contributed by atoms with van der Waals surface area (Å²) in [5.74, 6) is 0.00554. The molecule has 0 radical (unpaired) electrons. The molecule has 0 spiro atoms. The van der Waals surface area contributed by atoms with E-state index in [9.17, 15) is 4.39 Å². The lowest BCUT2D eigenvalue weighted by atomic mass is 10.1. The number of aromatic nitrogens is 1. The molecule has 1 aromatic carbocycles. The Hall–Kier alpha value is -2.12. The second kappa shape index (κ2) is 5.25. The van der Waals surface area contributed by atoms with E-state index in [2.05, 4.69) is 4.98 Å². The summed E-state index contributed by atoms with van der Waals surface area (Å²) in [6.45, 7) is 3.61. The van der Waals surface area contributed by atoms with Gasteiger partial charge in [0.25, 0.3) is 0 Å². The first-order valence-electron chi connectivity index (χ1n) is 5.52. The van der Waals surface area contributed by atoms with Crippen LogP contribution < -0.4 is 4.74 Å². The normalized spacial score (nSPS) is 10.1. The maximum Gasteiger partial charge on any atom is 0.237 e. The van der Waals surface area contributed by atoms with E-state index in [1.54, 1.807) is 19.9 Å². The molecular formula is C14H10ClFN2O. The van der Waals surface area contributed by atoms with E-state index >= 15 is 0 Å². The van der Waals surface area contributed by atoms with Crippen molar-refractivity contribution in [3.63, 3.8) is 0 Å². The van der Waals surface area contributed by atoms with Crippen LogP contribution in [0.2, 0.25) is 5.02 Å². The maximum absolute atomic E-state index is 13.1. The van der Waals surface area contributed by atoms with Crippen molar-refractivity contribution in [2.45, 2.75) is 13.8 Å². The van der Waals surface area contributed by atoms with Crippen molar-refractivity contribution in [1.82, 2.24) is 4.98 Å². The van der Waals surface area contributed by atoms with E-state index in [-0.39, 0.29) is 10.9 Å². The highest BCUT2D eigenvalue weighted by atomic mass is 35.5. The zero-order valence-corrected chi connectivity index (χ0v) is 11.1. The zero-order valence-electron chi connectivity index (χ0n) is 10.4. The van der Waals surface area contributed by atoms with Gasteiger partial charge >= 0.3 is 0 Å². The molecule has 5 heteroatoms. The number of ether oxygens (including phenoxy) is 1. The Morgan fingerprint density at radius 2 is 2.05 bits per heavy atom. The second-order valence-corrected chi connectivity index (χ2v) is 4.46. The highest BCUT2D eigenvalue weighted by Crippen LogP contribution is 2.28. The van der Waals surface area contributed by atoms with Crippen LogP contribution in [0.25, 0.3) is 0 Å². The number of hydrogen-bond donors (Lipinski definition) is 0. The highest BCUT2D eigenvalue weighted by Gasteiger charge is 2.11. The van der Waals surface area contributed by atoms with Gasteiger partial charge in [0.2, 0.25) is 5.88 Å². The van der Waals surface area contributed by atoms with Gasteiger partial charge < -0.3 is 4.74 Å². The van der Waals surface area contributed by atoms with Gasteiger partial charge in [0, 0.05) is 11.8 Å². The molecule has 0 fully saturated rings. The molecule has 0 saturated carbocycles. The van der Waals surface area contributed by atoms with Crippen LogP contribution in [0.5, 0.6) is 11.6 Å². The number of rotatable bonds is 2. The molecule has 0 aliphatic carbocycles. The Morgan fingerprint density at radius 3 is 2.68 bits per heavy atom. The van der Waals surface area contributed by atoms with Crippen molar-refractivity contribution in [2.24, 2.45) is 0 Å². The lowest BCUT2D eigenvalue weighted by molar-refractivity contribution is 0.458. The Morgan fingerprint density at radius 1 is 1.32 bits per heavy atom. The summed E-state index contributed by atoms with van der Waals surface area (Å²) in [4.78, 5) is 4.17. The van der Waals surface area contributed by atoms with Crippen molar-refractivity contribution in [1.29, 1.82) is 5.26 Å². The summed E-state index contributed by atoms with van der Waals surface area (Å²) >= 11 is 5.68. The van der Waals surface area contributed by atoms with Gasteiger partial charge in [-0.25, -0.2) is 9.37 Å². The largest absolute Gasteiger partial charge is 0.438 e. The quantitative estimate of drug-likeness (QED) is 0.827. The Labute approximate surface area is 115 Å². The molecule has 0 aliphatic heterocycles. The van der Waals surface area contributed by atoms with Crippen LogP contribution in [-0.4, -0.2) is 4.98 Å². The van der Waals surface area contributed by atoms with Crippen LogP contribution >= 0.6 is 11.6 Å². The van der Waals surface area contributed by atoms with E-state index in [1.165, 1.54) is 18.2 Å². The van der Waals surface area contributed by atoms with Crippen LogP contribution in [0, 0.1) is 31.0 Å². The smallest absolute Gasteiger partial charge is 0.237 e. The van der Waals surface area contributed by atoms with Gasteiger partial charge in [-0.3, -0.25) is 0 Å². The number of pyridine rings is 1. The van der Waals surface area contributed by atoms with Gasteiger partial charge in [0.15, 0.2) is 0 Å². The fourth-order valence-corrected chi connectivity index (χ4v) is 1.83. The predicted molar refractivity (Wildman–Crippen MR) is 69.9 cm³/mol. The van der Waals surface area contributed by atoms with Gasteiger partial charge in [-0.05, 0) is 37.6 Å². The van der Waals surface area contributed by atoms with E-state index in [1.807, 2.05) is 6.07 Å². The van der Waals surface area contributed by atoms with Crippen molar-refractivity contribution in [3.8, 4) is 17.7 Å². The number of halogens is 2. The number of hydrogen-bond acceptors (Lipinski definition) is 3. The number of benzene rings is 1. The van der Waals surface area contributed by atoms with Gasteiger partial charge in [0.05, 0.1) is 5.02 Å². The van der Waals surface area contributed by atoms with Crippen molar-refractivity contribution in [3.05, 3.63) is 51.9 Å². The minimum absolute atomic E-state index is 0.0413. The molecule has 0 aliphatic rings. The molecule has 2 rings (SSSR count). The first kappa shape index (κ1) is 13.3. The van der Waals surface area contributed by atoms with Crippen molar-refractivity contribution >= 4 is 11.6 Å². The third kappa shape index (κ3) is 2.83. The van der Waals surface area contributed by atoms with Gasteiger partial charge in [-0.1, -0.05) is 11.6 Å². The van der Waals surface area contributed by atoms with Crippen LogP contribution in [-0.2, 0) is 0 Å². The van der Waals surface area contributed by atoms with E-state index in [0.29, 0.717) is 11.3 Å². The monoisotopic (exact) mass is 276 g/mol. The lowest BCUT2D eigenvalue weighted by Gasteiger charge is -2.09. The molecule has 1 heterocycles. The summed E-state index contributed by atoms with van der Waals surface area (Å²) in [5, 5.41) is 9.07. The number of nitriles is 1. The lowest BCUT2D eigenvalue weighted by Crippen LogP contribution is -1.97. The fraction of sp³-hybridized carbons (Fsp3) is 0.143. The molecule has 0 unspecified atom stereocenters. The van der Waals surface area contributed by atoms with Crippen molar-refractivity contribution in [2.75, 3.05) is 0 Å². The van der Waals surface area contributed by atoms with Crippen LogP contribution in [0.1, 0.15) is 16.8 Å². The number of aryl methyl sites for hydroxylation is 2. The predicted octanol–water partition coefficient (Wildman–Crippen LogP) is 4.15. The maximum atomic E-state index is 13.1. The van der Waals surface area contributed by atoms with Crippen molar-refractivity contribution < 1.29 is 9.13 Å². The molecule has 3 nitrogen and oxygen atoms in total. The molecule has 0 saturated heterocycles.